The van der Waals surface area contributed by atoms with Crippen LogP contribution in [0.4, 0.5) is 5.82 Å². The maximum Gasteiger partial charge on any atom is 0.258 e. The average molecular weight is 245 g/mol. The van der Waals surface area contributed by atoms with Gasteiger partial charge < -0.3 is 11.1 Å². The number of amides is 1. The Bertz CT molecular complexity index is 576. The van der Waals surface area contributed by atoms with Crippen molar-refractivity contribution in [3.05, 3.63) is 41.3 Å². The second kappa shape index (κ2) is 4.97. The van der Waals surface area contributed by atoms with Gasteiger partial charge in [0.2, 0.25) is 0 Å². The van der Waals surface area contributed by atoms with Gasteiger partial charge in [-0.05, 0) is 18.6 Å². The molecule has 0 aromatic carbocycles. The molecular formula is C12H15N5O. The number of nitrogens with zero attached hydrogens (tertiary/aromatic N) is 3. The van der Waals surface area contributed by atoms with Gasteiger partial charge in [0, 0.05) is 37.7 Å². The Morgan fingerprint density at radius 3 is 2.94 bits per heavy atom. The molecule has 2 rings (SSSR count). The van der Waals surface area contributed by atoms with Crippen molar-refractivity contribution in [3.63, 3.8) is 0 Å². The quantitative estimate of drug-likeness (QED) is 0.838. The highest BCUT2D eigenvalue weighted by atomic mass is 16.1. The van der Waals surface area contributed by atoms with E-state index in [1.165, 1.54) is 6.20 Å². The van der Waals surface area contributed by atoms with Gasteiger partial charge in [0.1, 0.15) is 0 Å². The lowest BCUT2D eigenvalue weighted by molar-refractivity contribution is 0.102. The average Bonchev–Trinajstić information content (AvgIpc) is 2.69. The fourth-order valence-electron chi connectivity index (χ4n) is 1.65. The minimum atomic E-state index is -0.236. The van der Waals surface area contributed by atoms with E-state index in [4.69, 9.17) is 5.73 Å². The Balaban J connectivity index is 2.21. The SMILES string of the molecule is Cc1cncc(C(=O)Nc2nn(C)cc2CN)c1. The fourth-order valence-corrected chi connectivity index (χ4v) is 1.65. The highest BCUT2D eigenvalue weighted by molar-refractivity contribution is 6.03. The standard InChI is InChI=1S/C12H15N5O/c1-8-3-9(6-14-5-8)12(18)15-11-10(4-13)7-17(2)16-11/h3,5-7H,4,13H2,1-2H3,(H,15,16,18). The number of anilines is 1. The topological polar surface area (TPSA) is 85.8 Å². The predicted octanol–water partition coefficient (Wildman–Crippen LogP) is 0.835. The number of rotatable bonds is 3. The first kappa shape index (κ1) is 12.3. The number of aryl methyl sites for hydroxylation is 2. The molecule has 0 aliphatic rings. The van der Waals surface area contributed by atoms with Crippen molar-refractivity contribution >= 4 is 11.7 Å². The summed E-state index contributed by atoms with van der Waals surface area (Å²) < 4.78 is 1.62. The van der Waals surface area contributed by atoms with Crippen LogP contribution in [0.25, 0.3) is 0 Å². The summed E-state index contributed by atoms with van der Waals surface area (Å²) >= 11 is 0. The van der Waals surface area contributed by atoms with E-state index in [1.807, 2.05) is 6.92 Å². The molecule has 0 saturated carbocycles. The Labute approximate surface area is 105 Å². The lowest BCUT2D eigenvalue weighted by atomic mass is 10.2. The third-order valence-corrected chi connectivity index (χ3v) is 2.49. The molecule has 0 fully saturated rings. The Kier molecular flexibility index (Phi) is 3.38. The summed E-state index contributed by atoms with van der Waals surface area (Å²) in [6, 6.07) is 1.77. The smallest absolute Gasteiger partial charge is 0.258 e. The van der Waals surface area contributed by atoms with Gasteiger partial charge >= 0.3 is 0 Å². The summed E-state index contributed by atoms with van der Waals surface area (Å²) in [4.78, 5) is 16.0. The molecule has 0 spiro atoms. The number of pyridine rings is 1. The molecule has 6 heteroatoms. The zero-order chi connectivity index (χ0) is 13.1. The number of nitrogens with one attached hydrogen (secondary N) is 1. The van der Waals surface area contributed by atoms with Crippen LogP contribution in [-0.4, -0.2) is 20.7 Å². The highest BCUT2D eigenvalue weighted by Gasteiger charge is 2.12. The third kappa shape index (κ3) is 2.54. The number of hydrogen-bond donors (Lipinski definition) is 2. The zero-order valence-electron chi connectivity index (χ0n) is 10.3. The normalized spacial score (nSPS) is 10.4. The number of carbonyl (C=O) groups is 1. The van der Waals surface area contributed by atoms with E-state index in [2.05, 4.69) is 15.4 Å². The van der Waals surface area contributed by atoms with Gasteiger partial charge in [0.15, 0.2) is 5.82 Å². The number of carbonyl (C=O) groups excluding carboxylic acids is 1. The van der Waals surface area contributed by atoms with Crippen LogP contribution in [0.3, 0.4) is 0 Å². The lowest BCUT2D eigenvalue weighted by Gasteiger charge is -2.04. The van der Waals surface area contributed by atoms with Crippen LogP contribution in [0.15, 0.2) is 24.7 Å². The molecule has 94 valence electrons. The summed E-state index contributed by atoms with van der Waals surface area (Å²) in [6.07, 6.45) is 5.00. The molecule has 2 aromatic rings. The predicted molar refractivity (Wildman–Crippen MR) is 68.0 cm³/mol. The molecule has 0 aliphatic carbocycles. The van der Waals surface area contributed by atoms with E-state index in [-0.39, 0.29) is 5.91 Å². The third-order valence-electron chi connectivity index (χ3n) is 2.49. The molecule has 18 heavy (non-hydrogen) atoms. The van der Waals surface area contributed by atoms with E-state index in [0.717, 1.165) is 11.1 Å². The van der Waals surface area contributed by atoms with Crippen molar-refractivity contribution in [1.82, 2.24) is 14.8 Å². The Morgan fingerprint density at radius 1 is 1.50 bits per heavy atom. The fraction of sp³-hybridized carbons (Fsp3) is 0.250. The van der Waals surface area contributed by atoms with Gasteiger partial charge in [0.25, 0.3) is 5.91 Å². The molecule has 3 N–H and O–H groups in total. The second-order valence-electron chi connectivity index (χ2n) is 4.09. The molecule has 0 radical (unpaired) electrons. The maximum absolute atomic E-state index is 12.0. The monoisotopic (exact) mass is 245 g/mol. The van der Waals surface area contributed by atoms with Crippen LogP contribution < -0.4 is 11.1 Å². The largest absolute Gasteiger partial charge is 0.326 e. The van der Waals surface area contributed by atoms with Gasteiger partial charge in [-0.15, -0.1) is 0 Å². The maximum atomic E-state index is 12.0. The molecule has 0 bridgehead atoms. The summed E-state index contributed by atoms with van der Waals surface area (Å²) in [5.74, 6) is 0.256. The molecule has 0 atom stereocenters. The molecule has 2 aromatic heterocycles. The highest BCUT2D eigenvalue weighted by Crippen LogP contribution is 2.13. The second-order valence-corrected chi connectivity index (χ2v) is 4.09. The van der Waals surface area contributed by atoms with Crippen LogP contribution in [-0.2, 0) is 13.6 Å². The van der Waals surface area contributed by atoms with Gasteiger partial charge in [-0.2, -0.15) is 5.10 Å². The van der Waals surface area contributed by atoms with Crippen molar-refractivity contribution in [1.29, 1.82) is 0 Å². The van der Waals surface area contributed by atoms with E-state index in [9.17, 15) is 4.79 Å². The summed E-state index contributed by atoms with van der Waals surface area (Å²) in [6.45, 7) is 2.21. The first-order chi connectivity index (χ1) is 8.60. The molecule has 0 aliphatic heterocycles. The minimum Gasteiger partial charge on any atom is -0.326 e. The summed E-state index contributed by atoms with van der Waals surface area (Å²) in [5, 5.41) is 6.89. The van der Waals surface area contributed by atoms with E-state index in [0.29, 0.717) is 17.9 Å². The Hall–Kier alpha value is -2.21. The Morgan fingerprint density at radius 2 is 2.28 bits per heavy atom. The van der Waals surface area contributed by atoms with E-state index >= 15 is 0 Å². The molecule has 6 nitrogen and oxygen atoms in total. The summed E-state index contributed by atoms with van der Waals surface area (Å²) in [5.41, 5.74) is 7.82. The summed E-state index contributed by atoms with van der Waals surface area (Å²) in [7, 11) is 1.78. The van der Waals surface area contributed by atoms with Crippen LogP contribution in [0.2, 0.25) is 0 Å². The number of nitrogens with two attached hydrogens (primary N) is 1. The zero-order valence-corrected chi connectivity index (χ0v) is 10.3. The molecule has 0 unspecified atom stereocenters. The lowest BCUT2D eigenvalue weighted by Crippen LogP contribution is -2.14. The minimum absolute atomic E-state index is 0.236. The van der Waals surface area contributed by atoms with E-state index in [1.54, 1.807) is 30.2 Å². The molecule has 0 saturated heterocycles. The number of hydrogen-bond acceptors (Lipinski definition) is 4. The van der Waals surface area contributed by atoms with Crippen LogP contribution in [0, 0.1) is 6.92 Å². The van der Waals surface area contributed by atoms with Crippen LogP contribution in [0.1, 0.15) is 21.5 Å². The van der Waals surface area contributed by atoms with Crippen molar-refractivity contribution in [2.24, 2.45) is 12.8 Å². The number of aromatic nitrogens is 3. The first-order valence-electron chi connectivity index (χ1n) is 5.55. The first-order valence-corrected chi connectivity index (χ1v) is 5.55. The molecule has 1 amide bonds. The van der Waals surface area contributed by atoms with Gasteiger partial charge in [-0.25, -0.2) is 0 Å². The van der Waals surface area contributed by atoms with Gasteiger partial charge in [-0.1, -0.05) is 0 Å². The van der Waals surface area contributed by atoms with Gasteiger partial charge in [-0.3, -0.25) is 14.5 Å². The molecular weight excluding hydrogens is 230 g/mol. The van der Waals surface area contributed by atoms with E-state index < -0.39 is 0 Å². The van der Waals surface area contributed by atoms with Crippen molar-refractivity contribution < 1.29 is 4.79 Å². The van der Waals surface area contributed by atoms with Crippen molar-refractivity contribution in [2.45, 2.75) is 13.5 Å². The van der Waals surface area contributed by atoms with Crippen molar-refractivity contribution in [3.8, 4) is 0 Å². The van der Waals surface area contributed by atoms with Crippen molar-refractivity contribution in [2.75, 3.05) is 5.32 Å². The van der Waals surface area contributed by atoms with Crippen LogP contribution >= 0.6 is 0 Å². The van der Waals surface area contributed by atoms with Gasteiger partial charge in [0.05, 0.1) is 5.56 Å². The van der Waals surface area contributed by atoms with Crippen LogP contribution in [0.5, 0.6) is 0 Å². The molecule has 2 heterocycles.